The number of nitrogens with zero attached hydrogens (tertiary/aromatic N) is 4. The van der Waals surface area contributed by atoms with Gasteiger partial charge in [-0.2, -0.15) is 5.10 Å². The van der Waals surface area contributed by atoms with Crippen LogP contribution in [0.15, 0.2) is 18.3 Å². The molecule has 1 aromatic heterocycles. The molecule has 0 radical (unpaired) electrons. The maximum Gasteiger partial charge on any atom is 0.274 e. The molecule has 1 spiro atoms. The molecular formula is C19H28N4O2. The Bertz CT molecular complexity index is 619. The first-order valence-corrected chi connectivity index (χ1v) is 9.34. The van der Waals surface area contributed by atoms with Gasteiger partial charge in [0.2, 0.25) is 5.91 Å². The van der Waals surface area contributed by atoms with Gasteiger partial charge in [-0.1, -0.05) is 13.8 Å². The lowest BCUT2D eigenvalue weighted by molar-refractivity contribution is -0.139. The number of carbonyl (C=O) groups is 2. The third-order valence-corrected chi connectivity index (χ3v) is 5.46. The summed E-state index contributed by atoms with van der Waals surface area (Å²) in [4.78, 5) is 29.0. The zero-order valence-corrected chi connectivity index (χ0v) is 15.3. The van der Waals surface area contributed by atoms with Gasteiger partial charge in [0, 0.05) is 44.2 Å². The van der Waals surface area contributed by atoms with Gasteiger partial charge in [0.25, 0.3) is 5.91 Å². The van der Waals surface area contributed by atoms with Crippen LogP contribution in [-0.2, 0) is 4.79 Å². The predicted octanol–water partition coefficient (Wildman–Crippen LogP) is 2.37. The van der Waals surface area contributed by atoms with Crippen LogP contribution in [0.1, 0.15) is 56.4 Å². The maximum absolute atomic E-state index is 12.7. The number of carbonyl (C=O) groups excluding carboxylic acids is 2. The molecule has 136 valence electrons. The number of likely N-dealkylation sites (tertiary alicyclic amines) is 2. The summed E-state index contributed by atoms with van der Waals surface area (Å²) in [7, 11) is 0. The van der Waals surface area contributed by atoms with Gasteiger partial charge in [-0.05, 0) is 43.7 Å². The van der Waals surface area contributed by atoms with Gasteiger partial charge in [-0.15, -0.1) is 5.10 Å². The second-order valence-electron chi connectivity index (χ2n) is 7.94. The second-order valence-corrected chi connectivity index (χ2v) is 7.94. The Morgan fingerprint density at radius 3 is 2.88 bits per heavy atom. The summed E-state index contributed by atoms with van der Waals surface area (Å²) in [6, 6.07) is 3.46. The van der Waals surface area contributed by atoms with Crippen molar-refractivity contribution in [1.29, 1.82) is 0 Å². The topological polar surface area (TPSA) is 66.4 Å². The lowest BCUT2D eigenvalue weighted by Crippen LogP contribution is -2.55. The Labute approximate surface area is 149 Å². The first kappa shape index (κ1) is 17.8. The molecule has 2 saturated heterocycles. The van der Waals surface area contributed by atoms with Gasteiger partial charge in [-0.3, -0.25) is 9.59 Å². The number of hydrogen-bond donors (Lipinski definition) is 0. The van der Waals surface area contributed by atoms with Crippen LogP contribution in [0.25, 0.3) is 0 Å². The van der Waals surface area contributed by atoms with Crippen LogP contribution < -0.4 is 0 Å². The van der Waals surface area contributed by atoms with Gasteiger partial charge in [0.15, 0.2) is 5.69 Å². The van der Waals surface area contributed by atoms with E-state index in [0.717, 1.165) is 45.3 Å². The summed E-state index contributed by atoms with van der Waals surface area (Å²) >= 11 is 0. The average Bonchev–Trinajstić information content (AvgIpc) is 2.63. The molecule has 1 atom stereocenters. The van der Waals surface area contributed by atoms with Crippen molar-refractivity contribution < 1.29 is 9.59 Å². The van der Waals surface area contributed by atoms with E-state index in [1.54, 1.807) is 18.3 Å². The number of amides is 2. The van der Waals surface area contributed by atoms with Crippen LogP contribution in [0.5, 0.6) is 0 Å². The monoisotopic (exact) mass is 344 g/mol. The number of hydrogen-bond acceptors (Lipinski definition) is 4. The van der Waals surface area contributed by atoms with E-state index in [9.17, 15) is 9.59 Å². The van der Waals surface area contributed by atoms with Crippen LogP contribution in [0, 0.1) is 11.3 Å². The fraction of sp³-hybridized carbons (Fsp3) is 0.684. The first-order chi connectivity index (χ1) is 12.0. The van der Waals surface area contributed by atoms with Crippen molar-refractivity contribution in [2.75, 3.05) is 26.2 Å². The molecule has 0 aliphatic carbocycles. The van der Waals surface area contributed by atoms with Crippen molar-refractivity contribution in [3.8, 4) is 0 Å². The molecule has 6 nitrogen and oxygen atoms in total. The number of aromatic nitrogens is 2. The van der Waals surface area contributed by atoms with E-state index < -0.39 is 0 Å². The van der Waals surface area contributed by atoms with Crippen molar-refractivity contribution in [3.63, 3.8) is 0 Å². The van der Waals surface area contributed by atoms with E-state index in [2.05, 4.69) is 24.0 Å². The normalized spacial score (nSPS) is 24.2. The van der Waals surface area contributed by atoms with E-state index in [-0.39, 0.29) is 17.2 Å². The van der Waals surface area contributed by atoms with Crippen LogP contribution in [0.4, 0.5) is 0 Å². The molecule has 2 aliphatic heterocycles. The predicted molar refractivity (Wildman–Crippen MR) is 94.9 cm³/mol. The lowest BCUT2D eigenvalue weighted by Gasteiger charge is -2.48. The SMILES string of the molecule is CC(C)CCN1CC2(CCCN(C(=O)c3cccnn3)C2)CCC1=O. The zero-order chi connectivity index (χ0) is 17.9. The molecule has 2 fully saturated rings. The van der Waals surface area contributed by atoms with Gasteiger partial charge in [0.1, 0.15) is 0 Å². The number of rotatable bonds is 4. The largest absolute Gasteiger partial charge is 0.342 e. The second kappa shape index (κ2) is 7.50. The average molecular weight is 344 g/mol. The molecular weight excluding hydrogens is 316 g/mol. The Morgan fingerprint density at radius 2 is 2.16 bits per heavy atom. The molecule has 3 heterocycles. The molecule has 3 rings (SSSR count). The van der Waals surface area contributed by atoms with Gasteiger partial charge < -0.3 is 9.80 Å². The summed E-state index contributed by atoms with van der Waals surface area (Å²) < 4.78 is 0. The van der Waals surface area contributed by atoms with Gasteiger partial charge in [0.05, 0.1) is 0 Å². The van der Waals surface area contributed by atoms with E-state index in [1.165, 1.54) is 0 Å². The molecule has 6 heteroatoms. The summed E-state index contributed by atoms with van der Waals surface area (Å²) in [6.45, 7) is 7.46. The molecule has 1 aromatic rings. The molecule has 1 unspecified atom stereocenters. The highest BCUT2D eigenvalue weighted by Gasteiger charge is 2.42. The standard InChI is InChI=1S/C19H28N4O2/c1-15(2)7-12-22-13-19(9-6-17(22)24)8-4-11-23(14-19)18(25)16-5-3-10-20-21-16/h3,5,10,15H,4,6-9,11-14H2,1-2H3. The third-order valence-electron chi connectivity index (χ3n) is 5.46. The van der Waals surface area contributed by atoms with Crippen molar-refractivity contribution in [3.05, 3.63) is 24.0 Å². The molecule has 0 bridgehead atoms. The minimum Gasteiger partial charge on any atom is -0.342 e. The van der Waals surface area contributed by atoms with Crippen LogP contribution in [0.2, 0.25) is 0 Å². The van der Waals surface area contributed by atoms with Crippen LogP contribution in [-0.4, -0.2) is 58.0 Å². The summed E-state index contributed by atoms with van der Waals surface area (Å²) in [6.07, 6.45) is 6.17. The van der Waals surface area contributed by atoms with Gasteiger partial charge in [-0.25, -0.2) is 0 Å². The van der Waals surface area contributed by atoms with Crippen molar-refractivity contribution in [2.24, 2.45) is 11.3 Å². The smallest absolute Gasteiger partial charge is 0.274 e. The summed E-state index contributed by atoms with van der Waals surface area (Å²) in [5.74, 6) is 0.813. The molecule has 0 saturated carbocycles. The molecule has 0 N–H and O–H groups in total. The Morgan fingerprint density at radius 1 is 1.32 bits per heavy atom. The van der Waals surface area contributed by atoms with Crippen LogP contribution in [0.3, 0.4) is 0 Å². The fourth-order valence-electron chi connectivity index (χ4n) is 4.01. The zero-order valence-electron chi connectivity index (χ0n) is 15.3. The van der Waals surface area contributed by atoms with E-state index >= 15 is 0 Å². The quantitative estimate of drug-likeness (QED) is 0.841. The molecule has 0 aromatic carbocycles. The van der Waals surface area contributed by atoms with Crippen LogP contribution >= 0.6 is 0 Å². The lowest BCUT2D eigenvalue weighted by atomic mass is 9.73. The third kappa shape index (κ3) is 4.17. The molecule has 2 amide bonds. The first-order valence-electron chi connectivity index (χ1n) is 9.34. The van der Waals surface area contributed by atoms with Crippen molar-refractivity contribution >= 4 is 11.8 Å². The minimum absolute atomic E-state index is 0.0427. The highest BCUT2D eigenvalue weighted by molar-refractivity contribution is 5.92. The molecule has 25 heavy (non-hydrogen) atoms. The number of piperidine rings is 2. The van der Waals surface area contributed by atoms with E-state index in [4.69, 9.17) is 0 Å². The highest BCUT2D eigenvalue weighted by Crippen LogP contribution is 2.39. The minimum atomic E-state index is -0.0437. The fourth-order valence-corrected chi connectivity index (χ4v) is 4.01. The Kier molecular flexibility index (Phi) is 5.35. The van der Waals surface area contributed by atoms with E-state index in [0.29, 0.717) is 24.6 Å². The Balaban J connectivity index is 1.69. The van der Waals surface area contributed by atoms with Crippen molar-refractivity contribution in [2.45, 2.75) is 46.0 Å². The summed E-state index contributed by atoms with van der Waals surface area (Å²) in [5.41, 5.74) is 0.448. The Hall–Kier alpha value is -1.98. The van der Waals surface area contributed by atoms with E-state index in [1.807, 2.05) is 9.80 Å². The molecule has 2 aliphatic rings. The maximum atomic E-state index is 12.7. The highest BCUT2D eigenvalue weighted by atomic mass is 16.2. The van der Waals surface area contributed by atoms with Crippen molar-refractivity contribution in [1.82, 2.24) is 20.0 Å². The van der Waals surface area contributed by atoms with Gasteiger partial charge >= 0.3 is 0 Å². The summed E-state index contributed by atoms with van der Waals surface area (Å²) in [5, 5.41) is 7.77.